The minimum atomic E-state index is -3.32. The van der Waals surface area contributed by atoms with E-state index in [1.807, 2.05) is 37.3 Å². The molecule has 0 bridgehead atoms. The van der Waals surface area contributed by atoms with Gasteiger partial charge in [-0.25, -0.2) is 8.42 Å². The zero-order valence-corrected chi connectivity index (χ0v) is 16.6. The molecule has 0 aromatic heterocycles. The van der Waals surface area contributed by atoms with Gasteiger partial charge in [0.15, 0.2) is 9.84 Å². The van der Waals surface area contributed by atoms with Crippen LogP contribution < -0.4 is 11.1 Å². The molecule has 2 rings (SSSR count). The highest BCUT2D eigenvalue weighted by molar-refractivity contribution is 7.90. The SMILES string of the molecule is Cc1ccc(C(NC(=O)CCCN)c2cccc(S(C)(=O)=O)c2)cc1.Cl. The molecule has 1 atom stereocenters. The monoisotopic (exact) mass is 396 g/mol. The van der Waals surface area contributed by atoms with Gasteiger partial charge in [-0.2, -0.15) is 0 Å². The van der Waals surface area contributed by atoms with Gasteiger partial charge in [0.2, 0.25) is 5.91 Å². The van der Waals surface area contributed by atoms with Crippen molar-refractivity contribution in [3.05, 3.63) is 65.2 Å². The molecule has 0 fully saturated rings. The van der Waals surface area contributed by atoms with Crippen molar-refractivity contribution in [2.45, 2.75) is 30.7 Å². The predicted molar refractivity (Wildman–Crippen MR) is 106 cm³/mol. The van der Waals surface area contributed by atoms with Crippen molar-refractivity contribution in [1.29, 1.82) is 0 Å². The van der Waals surface area contributed by atoms with E-state index in [0.29, 0.717) is 19.4 Å². The highest BCUT2D eigenvalue weighted by Gasteiger charge is 2.18. The molecular formula is C19H25ClN2O3S. The molecule has 1 amide bonds. The predicted octanol–water partition coefficient (Wildman–Crippen LogP) is 2.76. The number of carbonyl (C=O) groups excluding carboxylic acids is 1. The second-order valence-corrected chi connectivity index (χ2v) is 8.16. The first-order valence-electron chi connectivity index (χ1n) is 8.17. The fourth-order valence-corrected chi connectivity index (χ4v) is 3.21. The first-order chi connectivity index (χ1) is 11.8. The van der Waals surface area contributed by atoms with Crippen LogP contribution in [0.4, 0.5) is 0 Å². The third kappa shape index (κ3) is 6.12. The molecule has 0 saturated heterocycles. The Balaban J connectivity index is 0.00000338. The fourth-order valence-electron chi connectivity index (χ4n) is 2.54. The average Bonchev–Trinajstić information content (AvgIpc) is 2.58. The summed E-state index contributed by atoms with van der Waals surface area (Å²) in [4.78, 5) is 12.5. The molecule has 0 aliphatic heterocycles. The standard InChI is InChI=1S/C19H24N2O3S.ClH/c1-14-8-10-15(11-9-14)19(21-18(22)7-4-12-20)16-5-3-6-17(13-16)25(2,23)24;/h3,5-6,8-11,13,19H,4,7,12,20H2,1-2H3,(H,21,22);1H. The molecule has 0 spiro atoms. The van der Waals surface area contributed by atoms with Crippen LogP contribution in [0.25, 0.3) is 0 Å². The van der Waals surface area contributed by atoms with E-state index in [2.05, 4.69) is 5.32 Å². The van der Waals surface area contributed by atoms with Crippen LogP contribution in [-0.2, 0) is 14.6 Å². The lowest BCUT2D eigenvalue weighted by Crippen LogP contribution is -2.29. The van der Waals surface area contributed by atoms with Crippen molar-refractivity contribution in [2.24, 2.45) is 5.73 Å². The molecule has 2 aromatic carbocycles. The molecular weight excluding hydrogens is 372 g/mol. The van der Waals surface area contributed by atoms with Crippen molar-refractivity contribution in [2.75, 3.05) is 12.8 Å². The summed E-state index contributed by atoms with van der Waals surface area (Å²) in [5.74, 6) is -0.110. The molecule has 5 nitrogen and oxygen atoms in total. The number of nitrogens with one attached hydrogen (secondary N) is 1. The number of hydrogen-bond acceptors (Lipinski definition) is 4. The van der Waals surface area contributed by atoms with Gasteiger partial charge in [0.1, 0.15) is 0 Å². The lowest BCUT2D eigenvalue weighted by molar-refractivity contribution is -0.121. The zero-order valence-electron chi connectivity index (χ0n) is 14.9. The van der Waals surface area contributed by atoms with Gasteiger partial charge in [0.05, 0.1) is 10.9 Å². The highest BCUT2D eigenvalue weighted by atomic mass is 35.5. The van der Waals surface area contributed by atoms with Crippen LogP contribution in [0.15, 0.2) is 53.4 Å². The number of benzene rings is 2. The topological polar surface area (TPSA) is 89.3 Å². The van der Waals surface area contributed by atoms with Gasteiger partial charge in [-0.05, 0) is 43.1 Å². The van der Waals surface area contributed by atoms with E-state index in [1.165, 1.54) is 6.26 Å². The molecule has 0 aliphatic rings. The molecule has 7 heteroatoms. The maximum Gasteiger partial charge on any atom is 0.220 e. The Morgan fingerprint density at radius 1 is 1.12 bits per heavy atom. The summed E-state index contributed by atoms with van der Waals surface area (Å²) in [7, 11) is -3.32. The quantitative estimate of drug-likeness (QED) is 0.753. The number of halogens is 1. The third-order valence-electron chi connectivity index (χ3n) is 3.94. The van der Waals surface area contributed by atoms with E-state index in [4.69, 9.17) is 5.73 Å². The van der Waals surface area contributed by atoms with Crippen molar-refractivity contribution >= 4 is 28.2 Å². The number of hydrogen-bond donors (Lipinski definition) is 2. The summed E-state index contributed by atoms with van der Waals surface area (Å²) < 4.78 is 23.7. The summed E-state index contributed by atoms with van der Waals surface area (Å²) in [5, 5.41) is 2.99. The molecule has 26 heavy (non-hydrogen) atoms. The molecule has 0 aliphatic carbocycles. The molecule has 0 heterocycles. The van der Waals surface area contributed by atoms with Gasteiger partial charge < -0.3 is 11.1 Å². The Hall–Kier alpha value is -1.89. The number of rotatable bonds is 7. The lowest BCUT2D eigenvalue weighted by atomic mass is 9.97. The van der Waals surface area contributed by atoms with Crippen molar-refractivity contribution in [1.82, 2.24) is 5.32 Å². The minimum Gasteiger partial charge on any atom is -0.345 e. The second kappa shape index (κ2) is 9.71. The fraction of sp³-hybridized carbons (Fsp3) is 0.316. The highest BCUT2D eigenvalue weighted by Crippen LogP contribution is 2.25. The minimum absolute atomic E-state index is 0. The van der Waals surface area contributed by atoms with Crippen molar-refractivity contribution in [3.8, 4) is 0 Å². The summed E-state index contributed by atoms with van der Waals surface area (Å²) in [5.41, 5.74) is 8.21. The van der Waals surface area contributed by atoms with Gasteiger partial charge in [-0.3, -0.25) is 4.79 Å². The number of carbonyl (C=O) groups is 1. The van der Waals surface area contributed by atoms with Crippen LogP contribution in [-0.4, -0.2) is 27.1 Å². The van der Waals surface area contributed by atoms with E-state index < -0.39 is 15.9 Å². The molecule has 2 aromatic rings. The molecule has 142 valence electrons. The van der Waals surface area contributed by atoms with Crippen LogP contribution in [0.3, 0.4) is 0 Å². The molecule has 0 radical (unpaired) electrons. The smallest absolute Gasteiger partial charge is 0.220 e. The Morgan fingerprint density at radius 3 is 2.35 bits per heavy atom. The van der Waals surface area contributed by atoms with Gasteiger partial charge in [0.25, 0.3) is 0 Å². The molecule has 1 unspecified atom stereocenters. The Morgan fingerprint density at radius 2 is 1.77 bits per heavy atom. The van der Waals surface area contributed by atoms with E-state index in [-0.39, 0.29) is 23.2 Å². The summed E-state index contributed by atoms with van der Waals surface area (Å²) in [6.07, 6.45) is 2.12. The normalized spacial score (nSPS) is 12.1. The summed E-state index contributed by atoms with van der Waals surface area (Å²) in [6, 6.07) is 14.1. The molecule has 3 N–H and O–H groups in total. The number of aryl methyl sites for hydroxylation is 1. The zero-order chi connectivity index (χ0) is 18.4. The second-order valence-electron chi connectivity index (χ2n) is 6.15. The van der Waals surface area contributed by atoms with Crippen molar-refractivity contribution in [3.63, 3.8) is 0 Å². The maximum atomic E-state index is 12.2. The van der Waals surface area contributed by atoms with Gasteiger partial charge >= 0.3 is 0 Å². The average molecular weight is 397 g/mol. The summed E-state index contributed by atoms with van der Waals surface area (Å²) in [6.45, 7) is 2.44. The first kappa shape index (κ1) is 22.2. The maximum absolute atomic E-state index is 12.2. The van der Waals surface area contributed by atoms with Crippen LogP contribution in [0, 0.1) is 6.92 Å². The van der Waals surface area contributed by atoms with E-state index in [1.54, 1.807) is 18.2 Å². The van der Waals surface area contributed by atoms with Crippen LogP contribution in [0.5, 0.6) is 0 Å². The Kier molecular flexibility index (Phi) is 8.27. The van der Waals surface area contributed by atoms with E-state index in [0.717, 1.165) is 16.7 Å². The van der Waals surface area contributed by atoms with Gasteiger partial charge in [0, 0.05) is 12.7 Å². The summed E-state index contributed by atoms with van der Waals surface area (Å²) >= 11 is 0. The van der Waals surface area contributed by atoms with Crippen LogP contribution in [0.1, 0.15) is 35.6 Å². The van der Waals surface area contributed by atoms with E-state index in [9.17, 15) is 13.2 Å². The Bertz CT molecular complexity index is 836. The van der Waals surface area contributed by atoms with Gasteiger partial charge in [-0.15, -0.1) is 12.4 Å². The Labute approximate surface area is 161 Å². The van der Waals surface area contributed by atoms with Crippen molar-refractivity contribution < 1.29 is 13.2 Å². The third-order valence-corrected chi connectivity index (χ3v) is 5.05. The first-order valence-corrected chi connectivity index (χ1v) is 10.1. The van der Waals surface area contributed by atoms with E-state index >= 15 is 0 Å². The largest absolute Gasteiger partial charge is 0.345 e. The van der Waals surface area contributed by atoms with Gasteiger partial charge in [-0.1, -0.05) is 42.0 Å². The van der Waals surface area contributed by atoms with Crippen LogP contribution >= 0.6 is 12.4 Å². The number of nitrogens with two attached hydrogens (primary N) is 1. The number of amides is 1. The lowest BCUT2D eigenvalue weighted by Gasteiger charge is -2.21. The number of sulfone groups is 1. The van der Waals surface area contributed by atoms with Crippen LogP contribution in [0.2, 0.25) is 0 Å². The molecule has 0 saturated carbocycles.